The van der Waals surface area contributed by atoms with Crippen molar-refractivity contribution < 1.29 is 13.2 Å². The molecule has 1 aromatic rings. The molecule has 1 heterocycles. The zero-order valence-electron chi connectivity index (χ0n) is 11.8. The summed E-state index contributed by atoms with van der Waals surface area (Å²) in [6.45, 7) is 2.73. The predicted octanol–water partition coefficient (Wildman–Crippen LogP) is 1.92. The minimum atomic E-state index is -3.29. The zero-order chi connectivity index (χ0) is 15.1. The van der Waals surface area contributed by atoms with Gasteiger partial charge in [0, 0.05) is 11.1 Å². The Bertz CT molecular complexity index is 718. The molecule has 0 atom stereocenters. The van der Waals surface area contributed by atoms with E-state index in [1.165, 1.54) is 5.41 Å². The molecule has 1 amide bonds. The van der Waals surface area contributed by atoms with E-state index in [9.17, 15) is 13.2 Å². The molecule has 5 nitrogen and oxygen atoms in total. The first kappa shape index (κ1) is 14.3. The maximum Gasteiger partial charge on any atom is 0.244 e. The molecule has 3 rings (SSSR count). The number of amides is 1. The van der Waals surface area contributed by atoms with Gasteiger partial charge in [0.05, 0.1) is 10.4 Å². The lowest BCUT2D eigenvalue weighted by molar-refractivity contribution is -0.125. The van der Waals surface area contributed by atoms with Gasteiger partial charge in [0.2, 0.25) is 5.91 Å². The summed E-state index contributed by atoms with van der Waals surface area (Å²) in [5.41, 5.74) is 0.791. The van der Waals surface area contributed by atoms with Gasteiger partial charge in [-0.15, -0.1) is 0 Å². The molecule has 1 aliphatic heterocycles. The Morgan fingerprint density at radius 1 is 1.33 bits per heavy atom. The van der Waals surface area contributed by atoms with Crippen LogP contribution in [0.25, 0.3) is 6.08 Å². The molecule has 2 aliphatic rings. The van der Waals surface area contributed by atoms with Crippen LogP contribution in [0.4, 0.5) is 5.69 Å². The number of carbonyl (C=O) groups is 1. The van der Waals surface area contributed by atoms with Gasteiger partial charge in [0.1, 0.15) is 0 Å². The van der Waals surface area contributed by atoms with Crippen LogP contribution in [0, 0.1) is 0 Å². The van der Waals surface area contributed by atoms with E-state index in [2.05, 4.69) is 10.6 Å². The lowest BCUT2D eigenvalue weighted by Gasteiger charge is -2.40. The minimum Gasteiger partial charge on any atom is -0.324 e. The van der Waals surface area contributed by atoms with Gasteiger partial charge >= 0.3 is 0 Å². The van der Waals surface area contributed by atoms with Crippen molar-refractivity contribution in [3.63, 3.8) is 0 Å². The van der Waals surface area contributed by atoms with E-state index in [-0.39, 0.29) is 5.91 Å². The smallest absolute Gasteiger partial charge is 0.244 e. The van der Waals surface area contributed by atoms with Crippen LogP contribution in [0.5, 0.6) is 0 Å². The highest BCUT2D eigenvalue weighted by Gasteiger charge is 2.43. The second-order valence-corrected chi connectivity index (χ2v) is 7.32. The first-order chi connectivity index (χ1) is 9.97. The van der Waals surface area contributed by atoms with Crippen molar-refractivity contribution in [2.24, 2.45) is 0 Å². The van der Waals surface area contributed by atoms with Gasteiger partial charge in [-0.3, -0.25) is 4.79 Å². The number of benzene rings is 1. The number of nitrogens with one attached hydrogen (secondary N) is 2. The van der Waals surface area contributed by atoms with Crippen molar-refractivity contribution in [2.75, 3.05) is 11.9 Å². The first-order valence-electron chi connectivity index (χ1n) is 7.11. The molecule has 1 fully saturated rings. The molecular weight excluding hydrogens is 288 g/mol. The van der Waals surface area contributed by atoms with E-state index < -0.39 is 15.4 Å². The number of sulfone groups is 1. The summed E-state index contributed by atoms with van der Waals surface area (Å²) >= 11 is 0. The SMILES string of the molecule is CCNC1(C(=O)Nc2ccc3c(c2)C=CS3(=O)=O)CCC1. The molecule has 21 heavy (non-hydrogen) atoms. The molecule has 0 bridgehead atoms. The Hall–Kier alpha value is -1.66. The molecule has 1 aliphatic carbocycles. The molecule has 0 radical (unpaired) electrons. The van der Waals surface area contributed by atoms with Crippen LogP contribution < -0.4 is 10.6 Å². The Kier molecular flexibility index (Phi) is 3.37. The van der Waals surface area contributed by atoms with Gasteiger partial charge in [0.15, 0.2) is 9.84 Å². The maximum atomic E-state index is 12.4. The number of fused-ring (bicyclic) bond motifs is 1. The van der Waals surface area contributed by atoms with Gasteiger partial charge in [-0.05, 0) is 55.6 Å². The van der Waals surface area contributed by atoms with E-state index >= 15 is 0 Å². The molecule has 2 N–H and O–H groups in total. The van der Waals surface area contributed by atoms with Crippen molar-refractivity contribution in [1.29, 1.82) is 0 Å². The van der Waals surface area contributed by atoms with Gasteiger partial charge in [0.25, 0.3) is 0 Å². The highest BCUT2D eigenvalue weighted by molar-refractivity contribution is 7.94. The van der Waals surface area contributed by atoms with E-state index in [4.69, 9.17) is 0 Å². The maximum absolute atomic E-state index is 12.4. The third-order valence-electron chi connectivity index (χ3n) is 4.16. The molecule has 112 valence electrons. The van der Waals surface area contributed by atoms with Crippen LogP contribution in [0.2, 0.25) is 0 Å². The van der Waals surface area contributed by atoms with Crippen molar-refractivity contribution >= 4 is 27.5 Å². The minimum absolute atomic E-state index is 0.0413. The number of likely N-dealkylation sites (N-methyl/N-ethyl adjacent to an activating group) is 1. The number of carbonyl (C=O) groups excluding carboxylic acids is 1. The fourth-order valence-electron chi connectivity index (χ4n) is 2.86. The normalized spacial score (nSPS) is 20.6. The van der Waals surface area contributed by atoms with Gasteiger partial charge in [-0.1, -0.05) is 6.92 Å². The predicted molar refractivity (Wildman–Crippen MR) is 81.6 cm³/mol. The van der Waals surface area contributed by atoms with Crippen molar-refractivity contribution in [1.82, 2.24) is 5.32 Å². The number of hydrogen-bond acceptors (Lipinski definition) is 4. The average Bonchev–Trinajstić information content (AvgIpc) is 2.69. The van der Waals surface area contributed by atoms with Crippen molar-refractivity contribution in [3.05, 3.63) is 29.2 Å². The fraction of sp³-hybridized carbons (Fsp3) is 0.400. The molecular formula is C15H18N2O3S. The van der Waals surface area contributed by atoms with E-state index in [1.54, 1.807) is 24.3 Å². The quantitative estimate of drug-likeness (QED) is 0.891. The number of hydrogen-bond donors (Lipinski definition) is 2. The second-order valence-electron chi connectivity index (χ2n) is 5.52. The molecule has 0 saturated heterocycles. The summed E-state index contributed by atoms with van der Waals surface area (Å²) in [5, 5.41) is 7.35. The topological polar surface area (TPSA) is 75.3 Å². The van der Waals surface area contributed by atoms with Crippen LogP contribution in [-0.4, -0.2) is 26.4 Å². The lowest BCUT2D eigenvalue weighted by Crippen LogP contribution is -2.59. The molecule has 1 aromatic carbocycles. The zero-order valence-corrected chi connectivity index (χ0v) is 12.7. The molecule has 0 aromatic heterocycles. The van der Waals surface area contributed by atoms with E-state index in [1.807, 2.05) is 6.92 Å². The Balaban J connectivity index is 1.81. The van der Waals surface area contributed by atoms with Crippen molar-refractivity contribution in [3.8, 4) is 0 Å². The molecule has 6 heteroatoms. The molecule has 0 unspecified atom stereocenters. The largest absolute Gasteiger partial charge is 0.324 e. The van der Waals surface area contributed by atoms with Gasteiger partial charge in [-0.2, -0.15) is 0 Å². The molecule has 0 spiro atoms. The van der Waals surface area contributed by atoms with Crippen LogP contribution in [0.15, 0.2) is 28.5 Å². The Morgan fingerprint density at radius 3 is 2.71 bits per heavy atom. The van der Waals surface area contributed by atoms with Crippen LogP contribution >= 0.6 is 0 Å². The van der Waals surface area contributed by atoms with Crippen LogP contribution in [-0.2, 0) is 14.6 Å². The van der Waals surface area contributed by atoms with Gasteiger partial charge < -0.3 is 10.6 Å². The number of anilines is 1. The monoisotopic (exact) mass is 306 g/mol. The number of rotatable bonds is 4. The lowest BCUT2D eigenvalue weighted by atomic mass is 9.76. The van der Waals surface area contributed by atoms with Crippen LogP contribution in [0.3, 0.4) is 0 Å². The van der Waals surface area contributed by atoms with E-state index in [0.717, 1.165) is 25.8 Å². The van der Waals surface area contributed by atoms with E-state index in [0.29, 0.717) is 16.1 Å². The highest BCUT2D eigenvalue weighted by atomic mass is 32.2. The highest BCUT2D eigenvalue weighted by Crippen LogP contribution is 2.34. The summed E-state index contributed by atoms with van der Waals surface area (Å²) in [6, 6.07) is 4.88. The van der Waals surface area contributed by atoms with Crippen LogP contribution in [0.1, 0.15) is 31.7 Å². The standard InChI is InChI=1S/C15H18N2O3S/c1-2-16-15(7-3-8-15)14(18)17-12-4-5-13-11(10-12)6-9-21(13,19)20/h4-6,9-10,16H,2-3,7-8H2,1H3,(H,17,18). The van der Waals surface area contributed by atoms with Crippen molar-refractivity contribution in [2.45, 2.75) is 36.6 Å². The Labute approximate surface area is 124 Å². The fourth-order valence-corrected chi connectivity index (χ4v) is 4.04. The first-order valence-corrected chi connectivity index (χ1v) is 8.65. The summed E-state index contributed by atoms with van der Waals surface area (Å²) in [5.74, 6) is -0.0413. The summed E-state index contributed by atoms with van der Waals surface area (Å²) < 4.78 is 23.4. The summed E-state index contributed by atoms with van der Waals surface area (Å²) in [7, 11) is -3.29. The molecule has 1 saturated carbocycles. The third-order valence-corrected chi connectivity index (χ3v) is 5.64. The summed E-state index contributed by atoms with van der Waals surface area (Å²) in [6.07, 6.45) is 4.28. The second kappa shape index (κ2) is 4.96. The summed E-state index contributed by atoms with van der Waals surface area (Å²) in [4.78, 5) is 12.7. The third kappa shape index (κ3) is 2.38. The average molecular weight is 306 g/mol. The Morgan fingerprint density at radius 2 is 2.10 bits per heavy atom. The van der Waals surface area contributed by atoms with Gasteiger partial charge in [-0.25, -0.2) is 8.42 Å².